The Morgan fingerprint density at radius 2 is 2.00 bits per heavy atom. The zero-order valence-electron chi connectivity index (χ0n) is 17.4. The second kappa shape index (κ2) is 9.69. The average Bonchev–Trinajstić information content (AvgIpc) is 2.76. The van der Waals surface area contributed by atoms with Gasteiger partial charge in [0.2, 0.25) is 5.95 Å². The van der Waals surface area contributed by atoms with Gasteiger partial charge in [0.15, 0.2) is 0 Å². The number of hydrogen-bond acceptors (Lipinski definition) is 6. The molecule has 0 radical (unpaired) electrons. The van der Waals surface area contributed by atoms with Gasteiger partial charge in [0.1, 0.15) is 5.75 Å². The standard InChI is InChI=1S/C24H29N5O/c1-18-16-29(14-13-25-18)17-20-3-2-4-21(15-20)23-10-12-27-24(28-23)26-11-9-19-5-7-22(30)8-6-19/h2-8,10,12,15,18,25,30H,9,11,13-14,16-17H2,1H3,(H,26,27,28)/t18-/m1/s1. The van der Waals surface area contributed by atoms with Gasteiger partial charge in [-0.3, -0.25) is 4.90 Å². The summed E-state index contributed by atoms with van der Waals surface area (Å²) < 4.78 is 0. The molecule has 6 heteroatoms. The highest BCUT2D eigenvalue weighted by molar-refractivity contribution is 5.60. The Bertz CT molecular complexity index is 960. The highest BCUT2D eigenvalue weighted by Crippen LogP contribution is 2.20. The molecule has 0 amide bonds. The molecule has 1 fully saturated rings. The van der Waals surface area contributed by atoms with Gasteiger partial charge < -0.3 is 15.7 Å². The third-order valence-corrected chi connectivity index (χ3v) is 5.37. The predicted octanol–water partition coefficient (Wildman–Crippen LogP) is 3.30. The van der Waals surface area contributed by atoms with Crippen molar-refractivity contribution in [2.75, 3.05) is 31.5 Å². The van der Waals surface area contributed by atoms with Crippen molar-refractivity contribution < 1.29 is 5.11 Å². The highest BCUT2D eigenvalue weighted by atomic mass is 16.3. The minimum atomic E-state index is 0.288. The Morgan fingerprint density at radius 1 is 1.13 bits per heavy atom. The van der Waals surface area contributed by atoms with Gasteiger partial charge in [0.25, 0.3) is 0 Å². The molecule has 156 valence electrons. The molecular weight excluding hydrogens is 374 g/mol. The third kappa shape index (κ3) is 5.55. The summed E-state index contributed by atoms with van der Waals surface area (Å²) in [5, 5.41) is 16.2. The van der Waals surface area contributed by atoms with Crippen LogP contribution in [0.25, 0.3) is 11.3 Å². The smallest absolute Gasteiger partial charge is 0.223 e. The van der Waals surface area contributed by atoms with Gasteiger partial charge in [0.05, 0.1) is 5.69 Å². The lowest BCUT2D eigenvalue weighted by atomic mass is 10.1. The fraction of sp³-hybridized carbons (Fsp3) is 0.333. The Balaban J connectivity index is 1.38. The molecule has 1 saturated heterocycles. The quantitative estimate of drug-likeness (QED) is 0.562. The first-order valence-electron chi connectivity index (χ1n) is 10.6. The number of hydrogen-bond donors (Lipinski definition) is 3. The van der Waals surface area contributed by atoms with Crippen LogP contribution in [0.2, 0.25) is 0 Å². The molecule has 1 aliphatic rings. The van der Waals surface area contributed by atoms with Crippen LogP contribution in [0.15, 0.2) is 60.8 Å². The molecule has 0 saturated carbocycles. The zero-order chi connectivity index (χ0) is 20.8. The maximum Gasteiger partial charge on any atom is 0.223 e. The lowest BCUT2D eigenvalue weighted by Gasteiger charge is -2.31. The Labute approximate surface area is 178 Å². The number of anilines is 1. The minimum Gasteiger partial charge on any atom is -0.508 e. The van der Waals surface area contributed by atoms with Crippen LogP contribution in [0.5, 0.6) is 5.75 Å². The van der Waals surface area contributed by atoms with Crippen LogP contribution >= 0.6 is 0 Å². The van der Waals surface area contributed by atoms with E-state index in [1.54, 1.807) is 18.3 Å². The van der Waals surface area contributed by atoms with Crippen LogP contribution in [0.3, 0.4) is 0 Å². The molecule has 0 spiro atoms. The van der Waals surface area contributed by atoms with Crippen LogP contribution in [0.1, 0.15) is 18.1 Å². The number of aromatic hydroxyl groups is 1. The fourth-order valence-electron chi connectivity index (χ4n) is 3.83. The highest BCUT2D eigenvalue weighted by Gasteiger charge is 2.15. The van der Waals surface area contributed by atoms with E-state index in [-0.39, 0.29) is 5.75 Å². The second-order valence-corrected chi connectivity index (χ2v) is 7.90. The van der Waals surface area contributed by atoms with Gasteiger partial charge in [-0.2, -0.15) is 0 Å². The molecule has 6 nitrogen and oxygen atoms in total. The monoisotopic (exact) mass is 403 g/mol. The topological polar surface area (TPSA) is 73.3 Å². The number of benzene rings is 2. The molecule has 2 heterocycles. The number of phenols is 1. The molecule has 1 aromatic heterocycles. The van der Waals surface area contributed by atoms with Crippen LogP contribution in [-0.2, 0) is 13.0 Å². The molecule has 0 unspecified atom stereocenters. The fourth-order valence-corrected chi connectivity index (χ4v) is 3.83. The minimum absolute atomic E-state index is 0.288. The molecular formula is C24H29N5O. The molecule has 4 rings (SSSR count). The number of nitrogens with one attached hydrogen (secondary N) is 2. The molecule has 2 aromatic carbocycles. The van der Waals surface area contributed by atoms with Gasteiger partial charge >= 0.3 is 0 Å². The van der Waals surface area contributed by atoms with E-state index >= 15 is 0 Å². The van der Waals surface area contributed by atoms with Crippen molar-refractivity contribution >= 4 is 5.95 Å². The van der Waals surface area contributed by atoms with Gasteiger partial charge in [-0.25, -0.2) is 9.97 Å². The summed E-state index contributed by atoms with van der Waals surface area (Å²) in [5.41, 5.74) is 4.50. The third-order valence-electron chi connectivity index (χ3n) is 5.37. The summed E-state index contributed by atoms with van der Waals surface area (Å²) in [5.74, 6) is 0.920. The number of phenolic OH excluding ortho intramolecular Hbond substituents is 1. The van der Waals surface area contributed by atoms with Gasteiger partial charge in [-0.05, 0) is 48.7 Å². The lowest BCUT2D eigenvalue weighted by molar-refractivity contribution is 0.199. The van der Waals surface area contributed by atoms with E-state index in [9.17, 15) is 5.11 Å². The maximum absolute atomic E-state index is 9.38. The Hall–Kier alpha value is -2.96. The molecule has 3 aromatic rings. The van der Waals surface area contributed by atoms with Crippen molar-refractivity contribution in [3.63, 3.8) is 0 Å². The Kier molecular flexibility index (Phi) is 6.57. The van der Waals surface area contributed by atoms with Crippen molar-refractivity contribution in [3.05, 3.63) is 71.9 Å². The molecule has 1 atom stereocenters. The maximum atomic E-state index is 9.38. The van der Waals surface area contributed by atoms with E-state index in [4.69, 9.17) is 4.98 Å². The van der Waals surface area contributed by atoms with Crippen LogP contribution in [0, 0.1) is 0 Å². The van der Waals surface area contributed by atoms with Gasteiger partial charge in [-0.1, -0.05) is 30.3 Å². The van der Waals surface area contributed by atoms with E-state index in [1.165, 1.54) is 5.56 Å². The first kappa shape index (κ1) is 20.3. The SMILES string of the molecule is C[C@@H]1CN(Cc2cccc(-c3ccnc(NCCc4ccc(O)cc4)n3)c2)CCN1. The lowest BCUT2D eigenvalue weighted by Crippen LogP contribution is -2.48. The normalized spacial score (nSPS) is 17.0. The number of piperazine rings is 1. The van der Waals surface area contributed by atoms with E-state index in [2.05, 4.69) is 51.7 Å². The first-order valence-corrected chi connectivity index (χ1v) is 10.6. The van der Waals surface area contributed by atoms with E-state index in [0.717, 1.165) is 56.0 Å². The molecule has 0 bridgehead atoms. The van der Waals surface area contributed by atoms with E-state index < -0.39 is 0 Å². The van der Waals surface area contributed by atoms with Gasteiger partial charge in [-0.15, -0.1) is 0 Å². The van der Waals surface area contributed by atoms with Crippen LogP contribution in [-0.4, -0.2) is 52.2 Å². The largest absolute Gasteiger partial charge is 0.508 e. The molecule has 3 N–H and O–H groups in total. The zero-order valence-corrected chi connectivity index (χ0v) is 17.4. The van der Waals surface area contributed by atoms with E-state index in [0.29, 0.717) is 12.0 Å². The second-order valence-electron chi connectivity index (χ2n) is 7.90. The van der Waals surface area contributed by atoms with Crippen molar-refractivity contribution in [1.29, 1.82) is 0 Å². The summed E-state index contributed by atoms with van der Waals surface area (Å²) in [6.45, 7) is 7.13. The number of rotatable bonds is 7. The summed E-state index contributed by atoms with van der Waals surface area (Å²) in [6.07, 6.45) is 2.64. The summed E-state index contributed by atoms with van der Waals surface area (Å²) in [4.78, 5) is 11.6. The van der Waals surface area contributed by atoms with Crippen molar-refractivity contribution in [1.82, 2.24) is 20.2 Å². The predicted molar refractivity (Wildman–Crippen MR) is 121 cm³/mol. The average molecular weight is 404 g/mol. The van der Waals surface area contributed by atoms with Crippen molar-refractivity contribution in [3.8, 4) is 17.0 Å². The van der Waals surface area contributed by atoms with Crippen molar-refractivity contribution in [2.45, 2.75) is 25.9 Å². The number of nitrogens with zero attached hydrogens (tertiary/aromatic N) is 3. The first-order chi connectivity index (χ1) is 14.7. The Morgan fingerprint density at radius 3 is 2.83 bits per heavy atom. The van der Waals surface area contributed by atoms with E-state index in [1.807, 2.05) is 18.2 Å². The summed E-state index contributed by atoms with van der Waals surface area (Å²) in [7, 11) is 0. The van der Waals surface area contributed by atoms with Crippen LogP contribution in [0.4, 0.5) is 5.95 Å². The summed E-state index contributed by atoms with van der Waals surface area (Å²) in [6, 6.07) is 18.4. The van der Waals surface area contributed by atoms with Crippen molar-refractivity contribution in [2.24, 2.45) is 0 Å². The molecule has 1 aliphatic heterocycles. The van der Waals surface area contributed by atoms with Gasteiger partial charge in [0, 0.05) is 50.5 Å². The number of aromatic nitrogens is 2. The summed E-state index contributed by atoms with van der Waals surface area (Å²) >= 11 is 0. The van der Waals surface area contributed by atoms with Crippen LogP contribution < -0.4 is 10.6 Å². The molecule has 30 heavy (non-hydrogen) atoms. The molecule has 0 aliphatic carbocycles.